The summed E-state index contributed by atoms with van der Waals surface area (Å²) in [6.45, 7) is 11.4. The summed E-state index contributed by atoms with van der Waals surface area (Å²) in [6, 6.07) is 1.40. The number of alkyl halides is 1. The Balaban J connectivity index is 3.39. The fourth-order valence-electron chi connectivity index (χ4n) is 1.45. The van der Waals surface area contributed by atoms with E-state index in [0.29, 0.717) is 6.61 Å². The monoisotopic (exact) mass is 322 g/mol. The predicted octanol–water partition coefficient (Wildman–Crippen LogP) is 4.60. The maximum absolute atomic E-state index is 11.4. The van der Waals surface area contributed by atoms with E-state index in [-0.39, 0.29) is 5.97 Å². The van der Waals surface area contributed by atoms with Gasteiger partial charge in [-0.15, -0.1) is 0 Å². The van der Waals surface area contributed by atoms with Gasteiger partial charge in [0.15, 0.2) is 0 Å². The first-order chi connectivity index (χ1) is 7.63. The van der Waals surface area contributed by atoms with Crippen LogP contribution < -0.4 is 0 Å². The van der Waals surface area contributed by atoms with Crippen molar-refractivity contribution >= 4 is 30.0 Å². The van der Waals surface area contributed by atoms with Crippen molar-refractivity contribution in [2.75, 3.05) is 6.61 Å². The minimum absolute atomic E-state index is 0.167. The van der Waals surface area contributed by atoms with Gasteiger partial charge in [0.25, 0.3) is 0 Å². The van der Waals surface area contributed by atoms with E-state index in [1.54, 1.807) is 0 Å². The number of carbonyl (C=O) groups excluding carboxylic acids is 1. The van der Waals surface area contributed by atoms with Crippen molar-refractivity contribution in [2.24, 2.45) is 0 Å². The Bertz CT molecular complexity index is 229. The Kier molecular flexibility index (Phi) is 7.64. The molecule has 0 fully saturated rings. The number of carbonyl (C=O) groups is 1. The Hall–Kier alpha value is 0.167. The molecule has 0 N–H and O–H groups in total. The van der Waals surface area contributed by atoms with Gasteiger partial charge in [-0.25, -0.2) is 0 Å². The molecule has 0 saturated carbocycles. The fraction of sp³-hybridized carbons (Fsp3) is 0.923. The molecule has 0 radical (unpaired) electrons. The first kappa shape index (κ1) is 17.2. The van der Waals surface area contributed by atoms with Gasteiger partial charge in [-0.3, -0.25) is 4.79 Å². The SMILES string of the molecule is CC(C)(Br)C(=O)OCCCCCC[Si](C)(C)C. The number of hydrogen-bond acceptors (Lipinski definition) is 2. The highest BCUT2D eigenvalue weighted by molar-refractivity contribution is 9.10. The van der Waals surface area contributed by atoms with Gasteiger partial charge < -0.3 is 4.74 Å². The van der Waals surface area contributed by atoms with Crippen LogP contribution in [0.2, 0.25) is 25.7 Å². The molecule has 0 aromatic heterocycles. The average Bonchev–Trinajstić information content (AvgIpc) is 2.12. The highest BCUT2D eigenvalue weighted by Gasteiger charge is 2.24. The number of esters is 1. The van der Waals surface area contributed by atoms with Crippen molar-refractivity contribution in [3.8, 4) is 0 Å². The van der Waals surface area contributed by atoms with E-state index >= 15 is 0 Å². The highest BCUT2D eigenvalue weighted by Crippen LogP contribution is 2.18. The van der Waals surface area contributed by atoms with E-state index in [1.807, 2.05) is 13.8 Å². The molecule has 0 amide bonds. The molecule has 102 valence electrons. The summed E-state index contributed by atoms with van der Waals surface area (Å²) < 4.78 is 4.63. The second-order valence-corrected chi connectivity index (χ2v) is 13.9. The lowest BCUT2D eigenvalue weighted by Gasteiger charge is -2.16. The molecular weight excluding hydrogens is 296 g/mol. The Morgan fingerprint density at radius 1 is 1.12 bits per heavy atom. The van der Waals surface area contributed by atoms with E-state index in [1.165, 1.54) is 25.3 Å². The summed E-state index contributed by atoms with van der Waals surface area (Å²) in [5.41, 5.74) is 0. The summed E-state index contributed by atoms with van der Waals surface area (Å²) >= 11 is 3.29. The molecule has 0 heterocycles. The van der Waals surface area contributed by atoms with Crippen LogP contribution in [0.4, 0.5) is 0 Å². The van der Waals surface area contributed by atoms with E-state index in [0.717, 1.165) is 6.42 Å². The van der Waals surface area contributed by atoms with Gasteiger partial charge in [-0.05, 0) is 20.3 Å². The molecule has 0 spiro atoms. The van der Waals surface area contributed by atoms with E-state index < -0.39 is 12.4 Å². The molecule has 0 bridgehead atoms. The zero-order chi connectivity index (χ0) is 13.5. The van der Waals surface area contributed by atoms with Crippen LogP contribution in [0.1, 0.15) is 39.5 Å². The molecule has 2 nitrogen and oxygen atoms in total. The van der Waals surface area contributed by atoms with Crippen LogP contribution in [-0.2, 0) is 9.53 Å². The smallest absolute Gasteiger partial charge is 0.322 e. The van der Waals surface area contributed by atoms with Crippen LogP contribution >= 0.6 is 15.9 Å². The quantitative estimate of drug-likeness (QED) is 0.282. The second kappa shape index (κ2) is 7.57. The maximum Gasteiger partial charge on any atom is 0.322 e. The van der Waals surface area contributed by atoms with Crippen molar-refractivity contribution in [3.05, 3.63) is 0 Å². The van der Waals surface area contributed by atoms with Gasteiger partial charge in [0.1, 0.15) is 4.32 Å². The fourth-order valence-corrected chi connectivity index (χ4v) is 2.87. The van der Waals surface area contributed by atoms with Gasteiger partial charge in [-0.2, -0.15) is 0 Å². The van der Waals surface area contributed by atoms with Crippen LogP contribution in [0.25, 0.3) is 0 Å². The highest BCUT2D eigenvalue weighted by atomic mass is 79.9. The Labute approximate surface area is 116 Å². The number of ether oxygens (including phenoxy) is 1. The topological polar surface area (TPSA) is 26.3 Å². The molecule has 17 heavy (non-hydrogen) atoms. The molecule has 0 rings (SSSR count). The molecule has 0 unspecified atom stereocenters. The molecule has 0 aliphatic rings. The van der Waals surface area contributed by atoms with Crippen molar-refractivity contribution in [1.29, 1.82) is 0 Å². The van der Waals surface area contributed by atoms with Crippen molar-refractivity contribution < 1.29 is 9.53 Å². The normalized spacial score (nSPS) is 12.6. The number of halogens is 1. The van der Waals surface area contributed by atoms with Crippen LogP contribution in [0.15, 0.2) is 0 Å². The molecule has 0 aromatic rings. The van der Waals surface area contributed by atoms with E-state index in [4.69, 9.17) is 4.74 Å². The minimum atomic E-state index is -0.860. The molecule has 0 saturated heterocycles. The lowest BCUT2D eigenvalue weighted by Crippen LogP contribution is -2.26. The lowest BCUT2D eigenvalue weighted by atomic mass is 10.2. The minimum Gasteiger partial charge on any atom is -0.465 e. The van der Waals surface area contributed by atoms with Gasteiger partial charge >= 0.3 is 5.97 Å². The standard InChI is InChI=1S/C13H27BrO2Si/c1-13(2,14)12(15)16-10-8-6-7-9-11-17(3,4)5/h6-11H2,1-5H3. The molecular formula is C13H27BrO2Si. The zero-order valence-electron chi connectivity index (χ0n) is 11.9. The van der Waals surface area contributed by atoms with Crippen LogP contribution in [0.3, 0.4) is 0 Å². The van der Waals surface area contributed by atoms with E-state index in [9.17, 15) is 4.79 Å². The molecule has 4 heteroatoms. The van der Waals surface area contributed by atoms with E-state index in [2.05, 4.69) is 35.6 Å². The molecule has 0 atom stereocenters. The third kappa shape index (κ3) is 11.0. The van der Waals surface area contributed by atoms with Crippen molar-refractivity contribution in [1.82, 2.24) is 0 Å². The largest absolute Gasteiger partial charge is 0.465 e. The predicted molar refractivity (Wildman–Crippen MR) is 80.6 cm³/mol. The maximum atomic E-state index is 11.4. The van der Waals surface area contributed by atoms with Crippen molar-refractivity contribution in [3.63, 3.8) is 0 Å². The van der Waals surface area contributed by atoms with Gasteiger partial charge in [0, 0.05) is 8.07 Å². The summed E-state index contributed by atoms with van der Waals surface area (Å²) in [4.78, 5) is 11.4. The van der Waals surface area contributed by atoms with Gasteiger partial charge in [0.05, 0.1) is 6.61 Å². The number of unbranched alkanes of at least 4 members (excludes halogenated alkanes) is 3. The molecule has 0 aliphatic carbocycles. The summed E-state index contributed by atoms with van der Waals surface area (Å²) in [7, 11) is -0.860. The Morgan fingerprint density at radius 3 is 2.12 bits per heavy atom. The first-order valence-electron chi connectivity index (χ1n) is 6.49. The third-order valence-corrected chi connectivity index (χ3v) is 4.72. The van der Waals surface area contributed by atoms with Gasteiger partial charge in [0.2, 0.25) is 0 Å². The van der Waals surface area contributed by atoms with Crippen LogP contribution in [0.5, 0.6) is 0 Å². The first-order valence-corrected chi connectivity index (χ1v) is 11.0. The second-order valence-electron chi connectivity index (χ2n) is 6.33. The van der Waals surface area contributed by atoms with Crippen molar-refractivity contribution in [2.45, 2.75) is 69.5 Å². The van der Waals surface area contributed by atoms with Crippen LogP contribution in [0, 0.1) is 0 Å². The number of hydrogen-bond donors (Lipinski definition) is 0. The summed E-state index contributed by atoms with van der Waals surface area (Å²) in [6.07, 6.45) is 4.74. The Morgan fingerprint density at radius 2 is 1.65 bits per heavy atom. The third-order valence-electron chi connectivity index (χ3n) is 2.54. The summed E-state index contributed by atoms with van der Waals surface area (Å²) in [5, 5.41) is 0. The summed E-state index contributed by atoms with van der Waals surface area (Å²) in [5.74, 6) is -0.167. The average molecular weight is 323 g/mol. The lowest BCUT2D eigenvalue weighted by molar-refractivity contribution is -0.145. The number of rotatable bonds is 8. The molecule has 0 aromatic carbocycles. The van der Waals surface area contributed by atoms with Crippen LogP contribution in [-0.4, -0.2) is 25.0 Å². The zero-order valence-corrected chi connectivity index (χ0v) is 14.5. The van der Waals surface area contributed by atoms with Gasteiger partial charge in [-0.1, -0.05) is 60.9 Å². The molecule has 0 aliphatic heterocycles.